The molecule has 0 heterocycles. The van der Waals surface area contributed by atoms with E-state index in [1.165, 1.54) is 18.2 Å². The SMILES string of the molecule is CCOc1cc(/C=C(\C#N)C(=O)Nc2ccccc2Cl)ccc1OCc1ccc(F)cc1. The second kappa shape index (κ2) is 11.0. The Morgan fingerprint density at radius 3 is 2.53 bits per heavy atom. The van der Waals surface area contributed by atoms with Gasteiger partial charge in [0, 0.05) is 0 Å². The largest absolute Gasteiger partial charge is 0.490 e. The van der Waals surface area contributed by atoms with E-state index in [1.54, 1.807) is 54.6 Å². The van der Waals surface area contributed by atoms with Crippen LogP contribution in [0.4, 0.5) is 10.1 Å². The van der Waals surface area contributed by atoms with Gasteiger partial charge in [0.25, 0.3) is 5.91 Å². The quantitative estimate of drug-likeness (QED) is 0.337. The minimum Gasteiger partial charge on any atom is -0.490 e. The summed E-state index contributed by atoms with van der Waals surface area (Å²) in [6.45, 7) is 2.47. The molecule has 0 aliphatic carbocycles. The average molecular weight is 451 g/mol. The molecule has 0 aromatic heterocycles. The fraction of sp³-hybridized carbons (Fsp3) is 0.120. The van der Waals surface area contributed by atoms with Crippen LogP contribution in [0, 0.1) is 17.1 Å². The molecule has 3 aromatic rings. The summed E-state index contributed by atoms with van der Waals surface area (Å²) < 4.78 is 24.5. The van der Waals surface area contributed by atoms with Gasteiger partial charge < -0.3 is 14.8 Å². The number of hydrogen-bond acceptors (Lipinski definition) is 4. The highest BCUT2D eigenvalue weighted by Crippen LogP contribution is 2.30. The van der Waals surface area contributed by atoms with Crippen molar-refractivity contribution in [2.75, 3.05) is 11.9 Å². The number of anilines is 1. The van der Waals surface area contributed by atoms with Crippen LogP contribution in [0.2, 0.25) is 5.02 Å². The lowest BCUT2D eigenvalue weighted by molar-refractivity contribution is -0.112. The van der Waals surface area contributed by atoms with E-state index in [-0.39, 0.29) is 18.0 Å². The van der Waals surface area contributed by atoms with Gasteiger partial charge in [0.2, 0.25) is 0 Å². The lowest BCUT2D eigenvalue weighted by atomic mass is 10.1. The van der Waals surface area contributed by atoms with Crippen molar-refractivity contribution >= 4 is 29.3 Å². The van der Waals surface area contributed by atoms with Crippen molar-refractivity contribution in [3.05, 3.63) is 94.3 Å². The summed E-state index contributed by atoms with van der Waals surface area (Å²) in [4.78, 5) is 12.5. The van der Waals surface area contributed by atoms with Gasteiger partial charge in [0.15, 0.2) is 11.5 Å². The maximum absolute atomic E-state index is 13.1. The number of amides is 1. The molecule has 0 unspecified atom stereocenters. The smallest absolute Gasteiger partial charge is 0.266 e. The summed E-state index contributed by atoms with van der Waals surface area (Å²) in [7, 11) is 0. The molecule has 3 rings (SSSR count). The highest BCUT2D eigenvalue weighted by Gasteiger charge is 2.13. The maximum Gasteiger partial charge on any atom is 0.266 e. The van der Waals surface area contributed by atoms with Gasteiger partial charge in [-0.15, -0.1) is 0 Å². The number of benzene rings is 3. The number of ether oxygens (including phenoxy) is 2. The predicted octanol–water partition coefficient (Wildman–Crippen LogP) is 6.00. The Hall–Kier alpha value is -3.82. The third-order valence-corrected chi connectivity index (χ3v) is 4.70. The number of para-hydroxylation sites is 1. The zero-order valence-electron chi connectivity index (χ0n) is 17.3. The molecule has 0 spiro atoms. The molecule has 0 bridgehead atoms. The number of nitrogens with one attached hydrogen (secondary N) is 1. The Morgan fingerprint density at radius 2 is 1.84 bits per heavy atom. The van der Waals surface area contributed by atoms with Crippen LogP contribution in [-0.2, 0) is 11.4 Å². The molecular formula is C25H20ClFN2O3. The first-order valence-corrected chi connectivity index (χ1v) is 10.2. The van der Waals surface area contributed by atoms with Crippen LogP contribution in [0.1, 0.15) is 18.1 Å². The molecule has 0 atom stereocenters. The van der Waals surface area contributed by atoms with Crippen molar-refractivity contribution in [3.8, 4) is 17.6 Å². The summed E-state index contributed by atoms with van der Waals surface area (Å²) in [6.07, 6.45) is 1.46. The highest BCUT2D eigenvalue weighted by molar-refractivity contribution is 6.34. The van der Waals surface area contributed by atoms with Crippen LogP contribution in [0.3, 0.4) is 0 Å². The van der Waals surface area contributed by atoms with Crippen LogP contribution in [-0.4, -0.2) is 12.5 Å². The van der Waals surface area contributed by atoms with Crippen molar-refractivity contribution in [2.45, 2.75) is 13.5 Å². The number of nitrogens with zero attached hydrogens (tertiary/aromatic N) is 1. The van der Waals surface area contributed by atoms with Crippen molar-refractivity contribution in [1.29, 1.82) is 5.26 Å². The minimum absolute atomic E-state index is 0.0904. The molecule has 0 saturated carbocycles. The standard InChI is InChI=1S/C25H20ClFN2O3/c1-2-31-24-14-18(9-12-23(24)32-16-17-7-10-20(27)11-8-17)13-19(15-28)25(30)29-22-6-4-3-5-21(22)26/h3-14H,2,16H2,1H3,(H,29,30)/b19-13+. The van der Waals surface area contributed by atoms with Crippen LogP contribution < -0.4 is 14.8 Å². The zero-order valence-corrected chi connectivity index (χ0v) is 18.0. The number of halogens is 2. The van der Waals surface area contributed by atoms with Gasteiger partial charge in [-0.2, -0.15) is 5.26 Å². The van der Waals surface area contributed by atoms with Gasteiger partial charge >= 0.3 is 0 Å². The van der Waals surface area contributed by atoms with Gasteiger partial charge in [-0.1, -0.05) is 41.9 Å². The number of carbonyl (C=O) groups is 1. The molecule has 0 saturated heterocycles. The van der Waals surface area contributed by atoms with Crippen molar-refractivity contribution < 1.29 is 18.7 Å². The van der Waals surface area contributed by atoms with E-state index in [4.69, 9.17) is 21.1 Å². The average Bonchev–Trinajstić information content (AvgIpc) is 2.79. The Balaban J connectivity index is 1.78. The normalized spacial score (nSPS) is 10.9. The molecule has 1 amide bonds. The van der Waals surface area contributed by atoms with Crippen LogP contribution in [0.25, 0.3) is 6.08 Å². The fourth-order valence-electron chi connectivity index (χ4n) is 2.81. The monoisotopic (exact) mass is 450 g/mol. The molecule has 0 aliphatic rings. The minimum atomic E-state index is -0.574. The topological polar surface area (TPSA) is 71.3 Å². The summed E-state index contributed by atoms with van der Waals surface area (Å²) in [6, 6.07) is 19.8. The first-order valence-electron chi connectivity index (χ1n) is 9.82. The molecule has 32 heavy (non-hydrogen) atoms. The Bertz CT molecular complexity index is 1170. The predicted molar refractivity (Wildman–Crippen MR) is 122 cm³/mol. The molecule has 5 nitrogen and oxygen atoms in total. The lowest BCUT2D eigenvalue weighted by Gasteiger charge is -2.13. The van der Waals surface area contributed by atoms with Gasteiger partial charge in [0.05, 0.1) is 17.3 Å². The number of nitriles is 1. The lowest BCUT2D eigenvalue weighted by Crippen LogP contribution is -2.13. The van der Waals surface area contributed by atoms with E-state index in [9.17, 15) is 14.4 Å². The van der Waals surface area contributed by atoms with E-state index >= 15 is 0 Å². The molecule has 0 aliphatic heterocycles. The van der Waals surface area contributed by atoms with Gasteiger partial charge in [-0.3, -0.25) is 4.79 Å². The van der Waals surface area contributed by atoms with Crippen LogP contribution in [0.5, 0.6) is 11.5 Å². The van der Waals surface area contributed by atoms with E-state index in [1.807, 2.05) is 13.0 Å². The molecule has 0 radical (unpaired) electrons. The summed E-state index contributed by atoms with van der Waals surface area (Å²) >= 11 is 6.06. The highest BCUT2D eigenvalue weighted by atomic mass is 35.5. The number of hydrogen-bond donors (Lipinski definition) is 1. The fourth-order valence-corrected chi connectivity index (χ4v) is 2.99. The van der Waals surface area contributed by atoms with Gasteiger partial charge in [-0.25, -0.2) is 4.39 Å². The van der Waals surface area contributed by atoms with Crippen molar-refractivity contribution in [3.63, 3.8) is 0 Å². The summed E-state index contributed by atoms with van der Waals surface area (Å²) in [5.41, 5.74) is 1.72. The number of carbonyl (C=O) groups excluding carboxylic acids is 1. The summed E-state index contributed by atoms with van der Waals surface area (Å²) in [5, 5.41) is 12.5. The second-order valence-corrected chi connectivity index (χ2v) is 7.07. The van der Waals surface area contributed by atoms with Crippen molar-refractivity contribution in [1.82, 2.24) is 0 Å². The molecule has 7 heteroatoms. The third-order valence-electron chi connectivity index (χ3n) is 4.37. The number of rotatable bonds is 8. The third kappa shape index (κ3) is 6.10. The van der Waals surface area contributed by atoms with Crippen LogP contribution >= 0.6 is 11.6 Å². The molecule has 0 fully saturated rings. The summed E-state index contributed by atoms with van der Waals surface area (Å²) in [5.74, 6) is 0.0708. The van der Waals surface area contributed by atoms with E-state index < -0.39 is 5.91 Å². The van der Waals surface area contributed by atoms with Gasteiger partial charge in [-0.05, 0) is 60.5 Å². The Labute approximate surface area is 190 Å². The van der Waals surface area contributed by atoms with E-state index in [0.717, 1.165) is 5.56 Å². The van der Waals surface area contributed by atoms with E-state index in [0.29, 0.717) is 34.4 Å². The first kappa shape index (κ1) is 22.9. The Kier molecular flexibility index (Phi) is 7.85. The Morgan fingerprint density at radius 1 is 1.09 bits per heavy atom. The van der Waals surface area contributed by atoms with Crippen molar-refractivity contribution in [2.24, 2.45) is 0 Å². The molecule has 3 aromatic carbocycles. The zero-order chi connectivity index (χ0) is 22.9. The maximum atomic E-state index is 13.1. The molecular weight excluding hydrogens is 431 g/mol. The second-order valence-electron chi connectivity index (χ2n) is 6.66. The first-order chi connectivity index (χ1) is 15.5. The van der Waals surface area contributed by atoms with Gasteiger partial charge in [0.1, 0.15) is 24.1 Å². The molecule has 162 valence electrons. The van der Waals surface area contributed by atoms with E-state index in [2.05, 4.69) is 5.32 Å². The van der Waals surface area contributed by atoms with Crippen LogP contribution in [0.15, 0.2) is 72.3 Å². The molecule has 1 N–H and O–H groups in total.